The summed E-state index contributed by atoms with van der Waals surface area (Å²) in [5.41, 5.74) is 6.15. The van der Waals surface area contributed by atoms with E-state index in [0.717, 1.165) is 50.0 Å². The summed E-state index contributed by atoms with van der Waals surface area (Å²) in [6, 6.07) is 5.01. The number of carbonyl (C=O) groups is 1. The van der Waals surface area contributed by atoms with E-state index in [-0.39, 0.29) is 78.7 Å². The van der Waals surface area contributed by atoms with Gasteiger partial charge >= 0.3 is 6.01 Å². The molecule has 4 fully saturated rings. The number of anilines is 2. The maximum absolute atomic E-state index is 16.9. The van der Waals surface area contributed by atoms with Gasteiger partial charge in [0.1, 0.15) is 41.0 Å². The summed E-state index contributed by atoms with van der Waals surface area (Å²) < 4.78 is 56.1. The van der Waals surface area contributed by atoms with E-state index in [9.17, 15) is 18.8 Å². The van der Waals surface area contributed by atoms with Crippen molar-refractivity contribution in [3.8, 4) is 29.0 Å². The fraction of sp³-hybridized carbons (Fsp3) is 0.538. The molecule has 3 saturated heterocycles. The molecule has 3 N–H and O–H groups in total. The number of nitriles is 1. The van der Waals surface area contributed by atoms with Crippen LogP contribution in [0.4, 0.5) is 24.0 Å². The van der Waals surface area contributed by atoms with Crippen molar-refractivity contribution >= 4 is 60.7 Å². The zero-order valence-corrected chi connectivity index (χ0v) is 32.4. The molecule has 55 heavy (non-hydrogen) atoms. The van der Waals surface area contributed by atoms with E-state index in [1.807, 2.05) is 18.0 Å². The van der Waals surface area contributed by atoms with Crippen molar-refractivity contribution in [2.75, 3.05) is 64.1 Å². The zero-order chi connectivity index (χ0) is 38.5. The predicted octanol–water partition coefficient (Wildman–Crippen LogP) is 6.68. The summed E-state index contributed by atoms with van der Waals surface area (Å²) in [5.74, 6) is -0.198. The highest BCUT2D eigenvalue weighted by atomic mass is 35.5. The van der Waals surface area contributed by atoms with Gasteiger partial charge in [0.05, 0.1) is 40.4 Å². The minimum absolute atomic E-state index is 0.0191. The molecule has 0 spiro atoms. The first-order valence-corrected chi connectivity index (χ1v) is 20.2. The lowest BCUT2D eigenvalue weighted by atomic mass is 9.96. The summed E-state index contributed by atoms with van der Waals surface area (Å²) in [6.07, 6.45) is 7.23. The summed E-state index contributed by atoms with van der Waals surface area (Å²) in [4.78, 5) is 28.8. The van der Waals surface area contributed by atoms with Gasteiger partial charge in [0, 0.05) is 42.7 Å². The van der Waals surface area contributed by atoms with Crippen LogP contribution in [0.25, 0.3) is 32.1 Å². The number of thiophene rings is 1. The molecule has 0 radical (unpaired) electrons. The number of nitrogens with two attached hydrogens (primary N) is 1. The molecule has 4 aromatic rings. The Hall–Kier alpha value is -4.10. The molecular formula is C39H44ClF3N8O3S. The lowest BCUT2D eigenvalue weighted by Crippen LogP contribution is -2.47. The average molecular weight is 797 g/mol. The van der Waals surface area contributed by atoms with Gasteiger partial charge in [-0.15, -0.1) is 11.3 Å². The number of hydrogen-bond acceptors (Lipinski definition) is 11. The molecule has 2 aromatic heterocycles. The molecule has 5 aliphatic rings. The Morgan fingerprint density at radius 3 is 2.62 bits per heavy atom. The largest absolute Gasteiger partial charge is 0.489 e. The van der Waals surface area contributed by atoms with Crippen LogP contribution in [0.3, 0.4) is 0 Å². The Balaban J connectivity index is 0.000000413. The van der Waals surface area contributed by atoms with E-state index in [2.05, 4.69) is 20.1 Å². The van der Waals surface area contributed by atoms with E-state index in [0.29, 0.717) is 55.8 Å². The predicted molar refractivity (Wildman–Crippen MR) is 208 cm³/mol. The molecule has 9 rings (SSSR count). The van der Waals surface area contributed by atoms with Gasteiger partial charge in [-0.25, -0.2) is 13.2 Å². The Bertz CT molecular complexity index is 2170. The first-order chi connectivity index (χ1) is 26.6. The zero-order valence-electron chi connectivity index (χ0n) is 30.8. The van der Waals surface area contributed by atoms with Crippen molar-refractivity contribution < 1.29 is 27.4 Å². The second-order valence-corrected chi connectivity index (χ2v) is 16.5. The van der Waals surface area contributed by atoms with Crippen LogP contribution in [-0.4, -0.2) is 103 Å². The number of ether oxygens (including phenoxy) is 2. The second-order valence-electron chi connectivity index (χ2n) is 15.0. The van der Waals surface area contributed by atoms with Crippen LogP contribution < -0.4 is 25.4 Å². The fourth-order valence-corrected chi connectivity index (χ4v) is 10.2. The van der Waals surface area contributed by atoms with Gasteiger partial charge in [-0.3, -0.25) is 9.69 Å². The Labute approximate surface area is 326 Å². The maximum Gasteiger partial charge on any atom is 0.318 e. The molecular weight excluding hydrogens is 753 g/mol. The number of carbonyl (C=O) groups excluding carboxylic acids is 1. The number of likely N-dealkylation sites (tertiary alicyclic amines) is 1. The number of benzene rings is 2. The first kappa shape index (κ1) is 37.8. The van der Waals surface area contributed by atoms with Gasteiger partial charge in [-0.05, 0) is 82.5 Å². The summed E-state index contributed by atoms with van der Waals surface area (Å²) >= 11 is 7.90. The molecule has 1 aliphatic carbocycles. The molecule has 0 bridgehead atoms. The topological polar surface area (TPSA) is 133 Å². The number of hydrogen-bond donors (Lipinski definition) is 2. The Morgan fingerprint density at radius 1 is 1.11 bits per heavy atom. The number of aromatic nitrogens is 2. The number of nitrogen functional groups attached to an aromatic ring is 1. The van der Waals surface area contributed by atoms with Gasteiger partial charge in [0.2, 0.25) is 5.91 Å². The minimum Gasteiger partial charge on any atom is -0.489 e. The van der Waals surface area contributed by atoms with Crippen LogP contribution in [0.2, 0.25) is 5.02 Å². The molecule has 4 aliphatic heterocycles. The molecule has 11 nitrogen and oxygen atoms in total. The molecule has 6 heterocycles. The molecule has 1 amide bonds. The van der Waals surface area contributed by atoms with Crippen LogP contribution in [0.1, 0.15) is 56.9 Å². The van der Waals surface area contributed by atoms with Crippen molar-refractivity contribution in [2.45, 2.75) is 75.7 Å². The van der Waals surface area contributed by atoms with E-state index in [4.69, 9.17) is 31.8 Å². The molecule has 2 aromatic carbocycles. The molecule has 16 heteroatoms. The van der Waals surface area contributed by atoms with Gasteiger partial charge in [0.15, 0.2) is 11.6 Å². The van der Waals surface area contributed by atoms with Crippen molar-refractivity contribution in [1.29, 1.82) is 5.26 Å². The van der Waals surface area contributed by atoms with E-state index < -0.39 is 17.8 Å². The monoisotopic (exact) mass is 796 g/mol. The number of halogens is 4. The minimum atomic E-state index is -0.784. The van der Waals surface area contributed by atoms with Crippen molar-refractivity contribution in [1.82, 2.24) is 25.1 Å². The second kappa shape index (κ2) is 15.4. The number of rotatable bonds is 6. The molecule has 1 saturated carbocycles. The van der Waals surface area contributed by atoms with Crippen molar-refractivity contribution in [3.05, 3.63) is 34.4 Å². The Kier molecular flexibility index (Phi) is 10.6. The summed E-state index contributed by atoms with van der Waals surface area (Å²) in [7, 11) is 3.25. The average Bonchev–Trinajstić information content (AvgIpc) is 3.82. The van der Waals surface area contributed by atoms with Gasteiger partial charge < -0.3 is 30.3 Å². The number of nitrogens with zero attached hydrogens (tertiary/aromatic N) is 6. The van der Waals surface area contributed by atoms with E-state index in [1.165, 1.54) is 32.1 Å². The Morgan fingerprint density at radius 2 is 1.89 bits per heavy atom. The highest BCUT2D eigenvalue weighted by molar-refractivity contribution is 7.23. The van der Waals surface area contributed by atoms with Gasteiger partial charge in [-0.1, -0.05) is 17.7 Å². The smallest absolute Gasteiger partial charge is 0.318 e. The normalized spacial score (nSPS) is 23.0. The van der Waals surface area contributed by atoms with Crippen LogP contribution in [0.15, 0.2) is 12.1 Å². The van der Waals surface area contributed by atoms with Crippen molar-refractivity contribution in [2.24, 2.45) is 5.92 Å². The van der Waals surface area contributed by atoms with Gasteiger partial charge in [-0.2, -0.15) is 15.2 Å². The highest BCUT2D eigenvalue weighted by Crippen LogP contribution is 2.51. The molecule has 4 unspecified atom stereocenters. The number of fused-ring (bicyclic) bond motifs is 2. The number of likely N-dealkylation sites (N-methyl/N-ethyl adjacent to an activating group) is 1. The standard InChI is InChI=1S/C32H32ClF2N7O3S.C7H12FN/c1-38-25(15-5-6-15)31(43)41-10-3-4-16(9-11-41)42-12-13-45-27-22-26(39-32(44-2)40-30(22)42)24(35)21(23(27)33)17-7-8-19(34)28-20(17)18(14-36)29(37)46-28;8-6-4-7-2-1-3-9(7)5-6/h7-8,15-16,25,38H,3-6,9-13,37H2,1-2H3;6-7H,1-5H2. The summed E-state index contributed by atoms with van der Waals surface area (Å²) in [5, 5.41) is 13.6. The van der Waals surface area contributed by atoms with Crippen LogP contribution in [-0.2, 0) is 4.79 Å². The SMILES string of the molecule is CNC(C(=O)N1CCCC(N2CCOc3c(Cl)c(-c4ccc(F)c5sc(N)c(C#N)c45)c(F)c4nc(OC)nc2c34)CC1)C1CC1.FC1CC2CCCN2C1. The number of methoxy groups -OCH3 is 1. The van der Waals surface area contributed by atoms with Gasteiger partial charge in [0.25, 0.3) is 0 Å². The quantitative estimate of drug-likeness (QED) is 0.218. The fourth-order valence-electron chi connectivity index (χ4n) is 8.95. The molecule has 4 atom stereocenters. The summed E-state index contributed by atoms with van der Waals surface area (Å²) in [6.45, 7) is 3.75. The number of nitrogens with one attached hydrogen (secondary N) is 1. The first-order valence-electron chi connectivity index (χ1n) is 19.0. The van der Waals surface area contributed by atoms with Crippen LogP contribution in [0.5, 0.6) is 11.8 Å². The lowest BCUT2D eigenvalue weighted by molar-refractivity contribution is -0.133. The third-order valence-electron chi connectivity index (χ3n) is 11.8. The van der Waals surface area contributed by atoms with E-state index >= 15 is 4.39 Å². The lowest BCUT2D eigenvalue weighted by Gasteiger charge is -2.32. The number of amides is 1. The highest BCUT2D eigenvalue weighted by Gasteiger charge is 2.39. The third-order valence-corrected chi connectivity index (χ3v) is 13.1. The van der Waals surface area contributed by atoms with Crippen molar-refractivity contribution in [3.63, 3.8) is 0 Å². The molecule has 292 valence electrons. The third kappa shape index (κ3) is 6.89. The van der Waals surface area contributed by atoms with E-state index in [1.54, 1.807) is 0 Å². The van der Waals surface area contributed by atoms with Crippen LogP contribution >= 0.6 is 22.9 Å². The maximum atomic E-state index is 16.9. The van der Waals surface area contributed by atoms with Crippen LogP contribution in [0, 0.1) is 28.9 Å². The number of alkyl halides is 1.